The Bertz CT molecular complexity index is 184. The van der Waals surface area contributed by atoms with Gasteiger partial charge in [0.1, 0.15) is 0 Å². The molecule has 0 heterocycles. The van der Waals surface area contributed by atoms with Crippen LogP contribution in [0.25, 0.3) is 0 Å². The Morgan fingerprint density at radius 3 is 1.86 bits per heavy atom. The van der Waals surface area contributed by atoms with Gasteiger partial charge in [-0.1, -0.05) is 39.5 Å². The molecule has 0 saturated heterocycles. The van der Waals surface area contributed by atoms with E-state index in [1.54, 1.807) is 0 Å². The molecule has 0 aliphatic carbocycles. The summed E-state index contributed by atoms with van der Waals surface area (Å²) in [6.07, 6.45) is 5.21. The molecule has 1 atom stereocenters. The average molecular weight is 234 g/mol. The second-order valence-corrected chi connectivity index (χ2v) is 3.76. The molecule has 2 N–H and O–H groups in total. The van der Waals surface area contributed by atoms with Gasteiger partial charge in [-0.25, -0.2) is 0 Å². The summed E-state index contributed by atoms with van der Waals surface area (Å²) < 4.78 is 31.6. The molecule has 0 aliphatic heterocycles. The largest absolute Gasteiger partial charge is 1.00 e. The van der Waals surface area contributed by atoms with E-state index in [1.165, 1.54) is 25.7 Å². The Balaban J connectivity index is -0.000000177. The van der Waals surface area contributed by atoms with Crippen LogP contribution in [0.5, 0.6) is 0 Å². The van der Waals surface area contributed by atoms with Gasteiger partial charge in [0.25, 0.3) is 0 Å². The smallest absolute Gasteiger partial charge is 0.340 e. The van der Waals surface area contributed by atoms with E-state index in [2.05, 4.69) is 20.8 Å². The van der Waals surface area contributed by atoms with Crippen molar-refractivity contribution < 1.29 is 47.1 Å². The Kier molecular flexibility index (Phi) is 17.3. The number of hydrogen-bond donors (Lipinski definition) is 2. The average Bonchev–Trinajstić information content (AvgIpc) is 1.97. The van der Waals surface area contributed by atoms with Crippen molar-refractivity contribution in [1.82, 2.24) is 0 Å². The first-order valence-electron chi connectivity index (χ1n) is 4.34. The van der Waals surface area contributed by atoms with E-state index in [-0.39, 0.29) is 29.6 Å². The minimum Gasteiger partial charge on any atom is -0.340 e. The number of unbranched alkanes of at least 4 members (excludes halogenated alkanes) is 1. The molecule has 82 valence electrons. The van der Waals surface area contributed by atoms with Crippen LogP contribution in [-0.4, -0.2) is 17.5 Å². The SMILES string of the molecule is O=S(=O)(O)O.[CH2-]C(CC)CCCC.[Na+]. The fraction of sp³-hybridized carbons (Fsp3) is 0.875. The first kappa shape index (κ1) is 20.3. The van der Waals surface area contributed by atoms with Gasteiger partial charge < -0.3 is 6.92 Å². The van der Waals surface area contributed by atoms with Gasteiger partial charge in [0.05, 0.1) is 0 Å². The fourth-order valence-corrected chi connectivity index (χ4v) is 0.697. The second kappa shape index (κ2) is 11.9. The van der Waals surface area contributed by atoms with Crippen LogP contribution >= 0.6 is 0 Å². The van der Waals surface area contributed by atoms with Crippen LogP contribution in [0.4, 0.5) is 0 Å². The van der Waals surface area contributed by atoms with Crippen molar-refractivity contribution in [2.45, 2.75) is 39.5 Å². The van der Waals surface area contributed by atoms with E-state index < -0.39 is 10.4 Å². The molecule has 0 saturated carbocycles. The van der Waals surface area contributed by atoms with Crippen LogP contribution in [0, 0.1) is 12.8 Å². The molecule has 0 spiro atoms. The first-order valence-corrected chi connectivity index (χ1v) is 5.73. The molecule has 0 amide bonds. The van der Waals surface area contributed by atoms with Crippen LogP contribution in [0.1, 0.15) is 39.5 Å². The summed E-state index contributed by atoms with van der Waals surface area (Å²) in [6.45, 7) is 8.42. The molecule has 0 aromatic heterocycles. The van der Waals surface area contributed by atoms with Gasteiger partial charge in [0.2, 0.25) is 0 Å². The molecule has 0 aromatic rings. The summed E-state index contributed by atoms with van der Waals surface area (Å²) >= 11 is 0. The topological polar surface area (TPSA) is 74.6 Å². The summed E-state index contributed by atoms with van der Waals surface area (Å²) in [4.78, 5) is 0. The van der Waals surface area contributed by atoms with Gasteiger partial charge in [0.15, 0.2) is 0 Å². The van der Waals surface area contributed by atoms with Crippen molar-refractivity contribution >= 4 is 10.4 Å². The maximum absolute atomic E-state index is 8.74. The van der Waals surface area contributed by atoms with E-state index in [4.69, 9.17) is 17.5 Å². The van der Waals surface area contributed by atoms with Crippen molar-refractivity contribution in [3.05, 3.63) is 6.92 Å². The van der Waals surface area contributed by atoms with E-state index >= 15 is 0 Å². The Hall–Kier alpha value is 0.870. The van der Waals surface area contributed by atoms with E-state index in [0.29, 0.717) is 5.92 Å². The van der Waals surface area contributed by atoms with Crippen LogP contribution in [-0.2, 0) is 10.4 Å². The van der Waals surface area contributed by atoms with Crippen molar-refractivity contribution in [2.75, 3.05) is 0 Å². The van der Waals surface area contributed by atoms with Crippen LogP contribution in [0.15, 0.2) is 0 Å². The molecule has 4 nitrogen and oxygen atoms in total. The summed E-state index contributed by atoms with van der Waals surface area (Å²) in [5.74, 6) is 0.704. The van der Waals surface area contributed by atoms with Gasteiger partial charge in [0, 0.05) is 0 Å². The first-order chi connectivity index (χ1) is 5.81. The third kappa shape index (κ3) is 38.4. The summed E-state index contributed by atoms with van der Waals surface area (Å²) in [5.41, 5.74) is 0. The van der Waals surface area contributed by atoms with Crippen LogP contribution in [0.3, 0.4) is 0 Å². The van der Waals surface area contributed by atoms with Gasteiger partial charge >= 0.3 is 40.0 Å². The predicted octanol–water partition coefficient (Wildman–Crippen LogP) is -0.612. The van der Waals surface area contributed by atoms with Crippen LogP contribution < -0.4 is 29.6 Å². The minimum absolute atomic E-state index is 0. The second-order valence-electron chi connectivity index (χ2n) is 2.86. The minimum atomic E-state index is -4.67. The van der Waals surface area contributed by atoms with Gasteiger partial charge in [-0.2, -0.15) is 14.3 Å². The summed E-state index contributed by atoms with van der Waals surface area (Å²) in [5, 5.41) is 0. The number of rotatable bonds is 4. The molecule has 0 rings (SSSR count). The molecule has 6 heteroatoms. The number of hydrogen-bond acceptors (Lipinski definition) is 2. The van der Waals surface area contributed by atoms with Crippen molar-refractivity contribution in [3.63, 3.8) is 0 Å². The monoisotopic (exact) mass is 234 g/mol. The fourth-order valence-electron chi connectivity index (χ4n) is 0.697. The molecular weight excluding hydrogens is 215 g/mol. The molecule has 0 aromatic carbocycles. The normalized spacial score (nSPS) is 12.1. The van der Waals surface area contributed by atoms with Gasteiger partial charge in [-0.3, -0.25) is 9.11 Å². The maximum Gasteiger partial charge on any atom is 1.00 e. The summed E-state index contributed by atoms with van der Waals surface area (Å²) in [7, 11) is -4.67. The van der Waals surface area contributed by atoms with E-state index in [1.807, 2.05) is 0 Å². The zero-order chi connectivity index (χ0) is 10.9. The van der Waals surface area contributed by atoms with Crippen molar-refractivity contribution in [3.8, 4) is 0 Å². The Morgan fingerprint density at radius 2 is 1.64 bits per heavy atom. The van der Waals surface area contributed by atoms with Gasteiger partial charge in [-0.05, 0) is 0 Å². The van der Waals surface area contributed by atoms with Crippen molar-refractivity contribution in [2.24, 2.45) is 5.92 Å². The summed E-state index contributed by atoms with van der Waals surface area (Å²) in [6, 6.07) is 0. The molecule has 0 fully saturated rings. The molecule has 0 aliphatic rings. The zero-order valence-electron chi connectivity index (χ0n) is 9.23. The molecular formula is C8H19NaO4S. The predicted molar refractivity (Wildman–Crippen MR) is 52.8 cm³/mol. The Morgan fingerprint density at radius 1 is 1.29 bits per heavy atom. The van der Waals surface area contributed by atoms with E-state index in [0.717, 1.165) is 0 Å². The quantitative estimate of drug-likeness (QED) is 0.386. The van der Waals surface area contributed by atoms with E-state index in [9.17, 15) is 0 Å². The van der Waals surface area contributed by atoms with Crippen molar-refractivity contribution in [1.29, 1.82) is 0 Å². The molecule has 0 bridgehead atoms. The Labute approximate surface area is 109 Å². The molecule has 14 heavy (non-hydrogen) atoms. The zero-order valence-corrected chi connectivity index (χ0v) is 12.0. The third-order valence-corrected chi connectivity index (χ3v) is 1.54. The van der Waals surface area contributed by atoms with Gasteiger partial charge in [-0.15, -0.1) is 0 Å². The van der Waals surface area contributed by atoms with Crippen LogP contribution in [0.2, 0.25) is 0 Å². The molecule has 1 unspecified atom stereocenters. The maximum atomic E-state index is 8.74. The molecule has 0 radical (unpaired) electrons. The standard InChI is InChI=1S/C8H17.Na.H2O4S/c1-4-6-7-8(3)5-2;;1-5(2,3)4/h8H,3-7H2,1-2H3;;(H2,1,2,3,4)/q-1;+1;. The third-order valence-electron chi connectivity index (χ3n) is 1.54.